The van der Waals surface area contributed by atoms with E-state index in [0.29, 0.717) is 42.3 Å². The van der Waals surface area contributed by atoms with Crippen molar-refractivity contribution in [3.05, 3.63) is 71.1 Å². The van der Waals surface area contributed by atoms with Crippen molar-refractivity contribution in [3.8, 4) is 6.07 Å². The topological polar surface area (TPSA) is 111 Å². The number of ether oxygens (including phenoxy) is 1. The zero-order chi connectivity index (χ0) is 23.9. The summed E-state index contributed by atoms with van der Waals surface area (Å²) in [5.41, 5.74) is 2.35. The van der Waals surface area contributed by atoms with Crippen LogP contribution >= 0.6 is 0 Å². The van der Waals surface area contributed by atoms with Gasteiger partial charge in [0.2, 0.25) is 0 Å². The monoisotopic (exact) mass is 460 g/mol. The molecular formula is C25H28N6O3. The molecular weight excluding hydrogens is 432 g/mol. The van der Waals surface area contributed by atoms with Crippen molar-refractivity contribution in [2.45, 2.75) is 19.4 Å². The Labute approximate surface area is 199 Å². The fraction of sp³-hybridized carbons (Fsp3) is 0.360. The van der Waals surface area contributed by atoms with Gasteiger partial charge in [-0.3, -0.25) is 4.90 Å². The van der Waals surface area contributed by atoms with Gasteiger partial charge in [0.15, 0.2) is 0 Å². The van der Waals surface area contributed by atoms with Crippen LogP contribution in [0.2, 0.25) is 0 Å². The Bertz CT molecular complexity index is 1110. The van der Waals surface area contributed by atoms with E-state index in [9.17, 15) is 14.9 Å². The third-order valence-electron chi connectivity index (χ3n) is 5.96. The Morgan fingerprint density at radius 3 is 2.76 bits per heavy atom. The van der Waals surface area contributed by atoms with E-state index in [4.69, 9.17) is 4.74 Å². The van der Waals surface area contributed by atoms with E-state index in [1.165, 1.54) is 0 Å². The molecule has 2 aromatic rings. The second-order valence-electron chi connectivity index (χ2n) is 8.16. The molecule has 2 aliphatic rings. The van der Waals surface area contributed by atoms with Crippen LogP contribution in [0.1, 0.15) is 30.5 Å². The number of anilines is 1. The number of aromatic nitrogens is 1. The smallest absolute Gasteiger partial charge is 0.338 e. The molecule has 9 heteroatoms. The fourth-order valence-electron chi connectivity index (χ4n) is 4.39. The van der Waals surface area contributed by atoms with Gasteiger partial charge < -0.3 is 20.3 Å². The molecule has 1 aromatic heterocycles. The van der Waals surface area contributed by atoms with Gasteiger partial charge in [0.25, 0.3) is 0 Å². The average Bonchev–Trinajstić information content (AvgIpc) is 3.09. The largest absolute Gasteiger partial charge is 0.463 e. The lowest BCUT2D eigenvalue weighted by Crippen LogP contribution is -2.48. The van der Waals surface area contributed by atoms with Gasteiger partial charge >= 0.3 is 12.0 Å². The molecule has 1 aromatic carbocycles. The first-order valence-electron chi connectivity index (χ1n) is 11.5. The average molecular weight is 461 g/mol. The van der Waals surface area contributed by atoms with Gasteiger partial charge in [0, 0.05) is 44.6 Å². The summed E-state index contributed by atoms with van der Waals surface area (Å²) in [6.45, 7) is 5.35. The highest BCUT2D eigenvalue weighted by Crippen LogP contribution is 2.28. The zero-order valence-corrected chi connectivity index (χ0v) is 19.2. The number of carbonyl (C=O) groups is 2. The summed E-state index contributed by atoms with van der Waals surface area (Å²) in [5, 5.41) is 15.2. The van der Waals surface area contributed by atoms with Crippen molar-refractivity contribution >= 4 is 17.8 Å². The molecule has 0 aliphatic carbocycles. The summed E-state index contributed by atoms with van der Waals surface area (Å²) in [4.78, 5) is 34.2. The van der Waals surface area contributed by atoms with E-state index >= 15 is 0 Å². The van der Waals surface area contributed by atoms with Crippen LogP contribution in [0.5, 0.6) is 0 Å². The van der Waals surface area contributed by atoms with Gasteiger partial charge in [-0.15, -0.1) is 0 Å². The first-order chi connectivity index (χ1) is 16.6. The number of hydrogen-bond donors (Lipinski definition) is 2. The number of carbonyl (C=O) groups excluding carboxylic acids is 2. The molecule has 0 radical (unpaired) electrons. The lowest BCUT2D eigenvalue weighted by molar-refractivity contribution is -0.139. The molecule has 0 saturated carbocycles. The minimum Gasteiger partial charge on any atom is -0.463 e. The third-order valence-corrected chi connectivity index (χ3v) is 5.96. The van der Waals surface area contributed by atoms with E-state index in [1.54, 1.807) is 25.3 Å². The number of benzene rings is 1. The molecule has 9 nitrogen and oxygen atoms in total. The van der Waals surface area contributed by atoms with Gasteiger partial charge in [0.1, 0.15) is 11.9 Å². The number of esters is 1. The molecule has 0 spiro atoms. The standard InChI is InChI=1S/C25H28N6O3/c1-2-34-24(32)21-20(28-25(33)29-22(21)18-8-4-3-5-9-18)17-30-12-7-13-31(15-14-30)23-19(16-26)10-6-11-27-23/h3-6,8-11,22H,2,7,12-15,17H2,1H3,(H2,28,29,33). The highest BCUT2D eigenvalue weighted by Gasteiger charge is 2.34. The van der Waals surface area contributed by atoms with Gasteiger partial charge in [-0.2, -0.15) is 5.26 Å². The van der Waals surface area contributed by atoms with Crippen molar-refractivity contribution in [2.75, 3.05) is 44.2 Å². The minimum atomic E-state index is -0.584. The number of rotatable bonds is 6. The lowest BCUT2D eigenvalue weighted by atomic mass is 9.95. The van der Waals surface area contributed by atoms with Crippen LogP contribution in [0.25, 0.3) is 0 Å². The third kappa shape index (κ3) is 5.18. The van der Waals surface area contributed by atoms with Crippen molar-refractivity contribution in [1.82, 2.24) is 20.5 Å². The Kier molecular flexibility index (Phi) is 7.40. The predicted octanol–water partition coefficient (Wildman–Crippen LogP) is 2.34. The molecule has 1 saturated heterocycles. The Hall–Kier alpha value is -3.90. The second kappa shape index (κ2) is 10.8. The predicted molar refractivity (Wildman–Crippen MR) is 127 cm³/mol. The van der Waals surface area contributed by atoms with Crippen LogP contribution < -0.4 is 15.5 Å². The van der Waals surface area contributed by atoms with Crippen molar-refractivity contribution in [3.63, 3.8) is 0 Å². The second-order valence-corrected chi connectivity index (χ2v) is 8.16. The molecule has 0 bridgehead atoms. The van der Waals surface area contributed by atoms with Crippen LogP contribution in [-0.4, -0.2) is 61.2 Å². The van der Waals surface area contributed by atoms with Crippen LogP contribution in [0.4, 0.5) is 10.6 Å². The summed E-state index contributed by atoms with van der Waals surface area (Å²) in [5.74, 6) is 0.250. The van der Waals surface area contributed by atoms with Crippen LogP contribution in [-0.2, 0) is 9.53 Å². The molecule has 176 valence electrons. The SMILES string of the molecule is CCOC(=O)C1=C(CN2CCCN(c3ncccc3C#N)CC2)NC(=O)NC1c1ccccc1. The normalized spacial score (nSPS) is 19.0. The summed E-state index contributed by atoms with van der Waals surface area (Å²) < 4.78 is 5.36. The van der Waals surface area contributed by atoms with Crippen molar-refractivity contribution in [2.24, 2.45) is 0 Å². The molecule has 2 aliphatic heterocycles. The fourth-order valence-corrected chi connectivity index (χ4v) is 4.39. The highest BCUT2D eigenvalue weighted by molar-refractivity contribution is 5.95. The van der Waals surface area contributed by atoms with E-state index in [0.717, 1.165) is 25.1 Å². The molecule has 4 rings (SSSR count). The van der Waals surface area contributed by atoms with E-state index < -0.39 is 12.0 Å². The number of pyridine rings is 1. The molecule has 1 atom stereocenters. The molecule has 1 fully saturated rings. The Morgan fingerprint density at radius 2 is 2.00 bits per heavy atom. The summed E-state index contributed by atoms with van der Waals surface area (Å²) in [6.07, 6.45) is 2.56. The van der Waals surface area contributed by atoms with E-state index in [-0.39, 0.29) is 12.6 Å². The van der Waals surface area contributed by atoms with Crippen molar-refractivity contribution < 1.29 is 14.3 Å². The number of nitrogens with one attached hydrogen (secondary N) is 2. The number of nitrogens with zero attached hydrogens (tertiary/aromatic N) is 4. The zero-order valence-electron chi connectivity index (χ0n) is 19.2. The van der Waals surface area contributed by atoms with Crippen LogP contribution in [0.15, 0.2) is 59.9 Å². The number of urea groups is 1. The first-order valence-corrected chi connectivity index (χ1v) is 11.5. The molecule has 3 heterocycles. The number of nitriles is 1. The summed E-state index contributed by atoms with van der Waals surface area (Å²) >= 11 is 0. The number of amides is 2. The maximum absolute atomic E-state index is 13.0. The van der Waals surface area contributed by atoms with Gasteiger partial charge in [0.05, 0.1) is 23.8 Å². The van der Waals surface area contributed by atoms with Crippen molar-refractivity contribution in [1.29, 1.82) is 5.26 Å². The van der Waals surface area contributed by atoms with Crippen LogP contribution in [0.3, 0.4) is 0 Å². The number of hydrogen-bond acceptors (Lipinski definition) is 7. The quantitative estimate of drug-likeness (QED) is 0.637. The Morgan fingerprint density at radius 1 is 1.18 bits per heavy atom. The summed E-state index contributed by atoms with van der Waals surface area (Å²) in [7, 11) is 0. The van der Waals surface area contributed by atoms with Gasteiger partial charge in [-0.1, -0.05) is 30.3 Å². The van der Waals surface area contributed by atoms with Gasteiger partial charge in [-0.05, 0) is 31.0 Å². The minimum absolute atomic E-state index is 0.245. The molecule has 1 unspecified atom stereocenters. The highest BCUT2D eigenvalue weighted by atomic mass is 16.5. The maximum Gasteiger partial charge on any atom is 0.338 e. The molecule has 2 N–H and O–H groups in total. The molecule has 2 amide bonds. The Balaban J connectivity index is 1.58. The van der Waals surface area contributed by atoms with E-state index in [1.807, 2.05) is 30.3 Å². The van der Waals surface area contributed by atoms with Gasteiger partial charge in [-0.25, -0.2) is 14.6 Å². The lowest BCUT2D eigenvalue weighted by Gasteiger charge is -2.32. The molecule has 34 heavy (non-hydrogen) atoms. The summed E-state index contributed by atoms with van der Waals surface area (Å²) in [6, 6.07) is 14.2. The van der Waals surface area contributed by atoms with E-state index in [2.05, 4.69) is 31.5 Å². The first kappa shape index (κ1) is 23.3. The van der Waals surface area contributed by atoms with Crippen LogP contribution in [0, 0.1) is 11.3 Å². The maximum atomic E-state index is 13.0.